The molecule has 1 nitrogen and oxygen atoms in total. The Kier molecular flexibility index (Phi) is 4.87. The molecule has 0 amide bonds. The molecule has 0 aromatic heterocycles. The molecule has 1 saturated heterocycles. The van der Waals surface area contributed by atoms with E-state index in [2.05, 4.69) is 41.3 Å². The van der Waals surface area contributed by atoms with E-state index in [4.69, 9.17) is 0 Å². The van der Waals surface area contributed by atoms with Crippen molar-refractivity contribution in [3.63, 3.8) is 0 Å². The van der Waals surface area contributed by atoms with E-state index in [0.29, 0.717) is 0 Å². The van der Waals surface area contributed by atoms with Gasteiger partial charge < -0.3 is 0 Å². The highest BCUT2D eigenvalue weighted by Crippen LogP contribution is 2.23. The van der Waals surface area contributed by atoms with Gasteiger partial charge in [0.25, 0.3) is 0 Å². The average Bonchev–Trinajstić information content (AvgIpc) is 2.09. The van der Waals surface area contributed by atoms with Crippen LogP contribution in [-0.4, -0.2) is 28.5 Å². The van der Waals surface area contributed by atoms with Crippen LogP contribution in [-0.2, 0) is 0 Å². The molecule has 0 aromatic carbocycles. The molecule has 2 heteroatoms. The van der Waals surface area contributed by atoms with Gasteiger partial charge >= 0.3 is 0 Å². The maximum Gasteiger partial charge on any atom is 0.0123 e. The van der Waals surface area contributed by atoms with Gasteiger partial charge in [-0.1, -0.05) is 35.9 Å². The van der Waals surface area contributed by atoms with Crippen LogP contribution in [0.4, 0.5) is 0 Å². The largest absolute Gasteiger partial charge is 0.300 e. The Morgan fingerprint density at radius 3 is 2.75 bits per heavy atom. The van der Waals surface area contributed by atoms with Gasteiger partial charge in [0.15, 0.2) is 0 Å². The van der Waals surface area contributed by atoms with Gasteiger partial charge in [-0.2, -0.15) is 0 Å². The molecule has 12 heavy (non-hydrogen) atoms. The van der Waals surface area contributed by atoms with E-state index in [9.17, 15) is 0 Å². The zero-order chi connectivity index (χ0) is 8.97. The van der Waals surface area contributed by atoms with E-state index in [1.807, 2.05) is 0 Å². The van der Waals surface area contributed by atoms with Crippen molar-refractivity contribution in [3.05, 3.63) is 0 Å². The fourth-order valence-corrected chi connectivity index (χ4v) is 2.64. The zero-order valence-electron chi connectivity index (χ0n) is 8.22. The van der Waals surface area contributed by atoms with Crippen molar-refractivity contribution in [3.8, 4) is 0 Å². The molecule has 0 radical (unpaired) electrons. The lowest BCUT2D eigenvalue weighted by Gasteiger charge is -2.37. The maximum atomic E-state index is 2.66. The molecule has 1 aliphatic heterocycles. The molecule has 0 aromatic rings. The normalized spacial score (nSPS) is 32.2. The Bertz CT molecular complexity index is 127. The fraction of sp³-hybridized carbons (Fsp3) is 1.00. The quantitative estimate of drug-likeness (QED) is 0.568. The second-order valence-electron chi connectivity index (χ2n) is 3.88. The summed E-state index contributed by atoms with van der Waals surface area (Å²) in [5.74, 6) is 0.976. The minimum Gasteiger partial charge on any atom is -0.300 e. The highest BCUT2D eigenvalue weighted by atomic mass is 127. The van der Waals surface area contributed by atoms with Crippen LogP contribution in [0.15, 0.2) is 0 Å². The van der Waals surface area contributed by atoms with Gasteiger partial charge in [0.2, 0.25) is 0 Å². The predicted octanol–water partition coefficient (Wildman–Crippen LogP) is 2.93. The van der Waals surface area contributed by atoms with Crippen LogP contribution >= 0.6 is 22.6 Å². The Labute approximate surface area is 90.0 Å². The third kappa shape index (κ3) is 2.87. The lowest BCUT2D eigenvalue weighted by atomic mass is 9.92. The summed E-state index contributed by atoms with van der Waals surface area (Å²) in [6.07, 6.45) is 4.23. The van der Waals surface area contributed by atoms with Crippen LogP contribution in [0.3, 0.4) is 0 Å². The second kappa shape index (κ2) is 5.43. The summed E-state index contributed by atoms with van der Waals surface area (Å²) < 4.78 is 1.28. The minimum atomic E-state index is 0.836. The molecule has 0 aliphatic carbocycles. The third-order valence-corrected chi connectivity index (χ3v) is 3.54. The van der Waals surface area contributed by atoms with Gasteiger partial charge in [-0.15, -0.1) is 0 Å². The van der Waals surface area contributed by atoms with E-state index in [1.165, 1.54) is 36.8 Å². The van der Waals surface area contributed by atoms with Crippen molar-refractivity contribution >= 4 is 22.6 Å². The molecule has 2 atom stereocenters. The fourth-order valence-electron chi connectivity index (χ4n) is 2.02. The number of piperidine rings is 1. The van der Waals surface area contributed by atoms with Crippen LogP contribution in [0, 0.1) is 5.92 Å². The molecule has 0 unspecified atom stereocenters. The van der Waals surface area contributed by atoms with Crippen LogP contribution < -0.4 is 0 Å². The van der Waals surface area contributed by atoms with Gasteiger partial charge in [-0.05, 0) is 25.7 Å². The summed E-state index contributed by atoms with van der Waals surface area (Å²) in [5.41, 5.74) is 0. The Morgan fingerprint density at radius 1 is 1.42 bits per heavy atom. The SMILES string of the molecule is CC[C@H]1CC[C@@H](C)N(CCI)C1. The molecule has 1 aliphatic rings. The van der Waals surface area contributed by atoms with Crippen molar-refractivity contribution in [2.75, 3.05) is 17.5 Å². The molecule has 0 bridgehead atoms. The number of nitrogens with zero attached hydrogens (tertiary/aromatic N) is 1. The molecule has 0 spiro atoms. The van der Waals surface area contributed by atoms with Crippen molar-refractivity contribution in [1.82, 2.24) is 4.90 Å². The van der Waals surface area contributed by atoms with Gasteiger partial charge in [-0.3, -0.25) is 4.90 Å². The molecule has 0 saturated carbocycles. The van der Waals surface area contributed by atoms with Gasteiger partial charge in [0, 0.05) is 23.6 Å². The van der Waals surface area contributed by atoms with Crippen molar-refractivity contribution in [2.24, 2.45) is 5.92 Å². The topological polar surface area (TPSA) is 3.24 Å². The first-order chi connectivity index (χ1) is 5.77. The first-order valence-corrected chi connectivity index (χ1v) is 6.60. The molecule has 1 rings (SSSR count). The lowest BCUT2D eigenvalue weighted by molar-refractivity contribution is 0.124. The Balaban J connectivity index is 2.36. The summed E-state index contributed by atoms with van der Waals surface area (Å²) >= 11 is 2.48. The highest BCUT2D eigenvalue weighted by molar-refractivity contribution is 14.1. The summed E-state index contributed by atoms with van der Waals surface area (Å²) in [6.45, 7) is 7.33. The summed E-state index contributed by atoms with van der Waals surface area (Å²) in [4.78, 5) is 2.66. The predicted molar refractivity (Wildman–Crippen MR) is 62.9 cm³/mol. The number of likely N-dealkylation sites (tertiary alicyclic amines) is 1. The van der Waals surface area contributed by atoms with Crippen LogP contribution in [0.5, 0.6) is 0 Å². The zero-order valence-corrected chi connectivity index (χ0v) is 10.4. The minimum absolute atomic E-state index is 0.836. The number of rotatable bonds is 3. The third-order valence-electron chi connectivity index (χ3n) is 3.06. The first kappa shape index (κ1) is 10.8. The number of hydrogen-bond donors (Lipinski definition) is 0. The number of halogens is 1. The molecular formula is C10H20IN. The van der Waals surface area contributed by atoms with Crippen molar-refractivity contribution in [2.45, 2.75) is 39.2 Å². The highest BCUT2D eigenvalue weighted by Gasteiger charge is 2.23. The van der Waals surface area contributed by atoms with E-state index < -0.39 is 0 Å². The Hall–Kier alpha value is 0.690. The number of alkyl halides is 1. The van der Waals surface area contributed by atoms with Crippen molar-refractivity contribution in [1.29, 1.82) is 0 Å². The number of hydrogen-bond acceptors (Lipinski definition) is 1. The standard InChI is InChI=1S/C10H20IN/c1-3-10-5-4-9(2)12(8-10)7-6-11/h9-10H,3-8H2,1-2H3/t9-,10+/m1/s1. The van der Waals surface area contributed by atoms with Gasteiger partial charge in [-0.25, -0.2) is 0 Å². The summed E-state index contributed by atoms with van der Waals surface area (Å²) in [7, 11) is 0. The van der Waals surface area contributed by atoms with E-state index in [-0.39, 0.29) is 0 Å². The van der Waals surface area contributed by atoms with Gasteiger partial charge in [0.05, 0.1) is 0 Å². The second-order valence-corrected chi connectivity index (χ2v) is 4.96. The van der Waals surface area contributed by atoms with Crippen LogP contribution in [0.2, 0.25) is 0 Å². The van der Waals surface area contributed by atoms with E-state index in [0.717, 1.165) is 12.0 Å². The molecule has 1 heterocycles. The van der Waals surface area contributed by atoms with Crippen molar-refractivity contribution < 1.29 is 0 Å². The van der Waals surface area contributed by atoms with E-state index in [1.54, 1.807) is 0 Å². The lowest BCUT2D eigenvalue weighted by Crippen LogP contribution is -2.42. The summed E-state index contributed by atoms with van der Waals surface area (Å²) in [5, 5.41) is 0. The van der Waals surface area contributed by atoms with Gasteiger partial charge in [0.1, 0.15) is 0 Å². The molecule has 72 valence electrons. The van der Waals surface area contributed by atoms with Crippen LogP contribution in [0.1, 0.15) is 33.1 Å². The average molecular weight is 281 g/mol. The smallest absolute Gasteiger partial charge is 0.0123 e. The first-order valence-electron chi connectivity index (χ1n) is 5.08. The maximum absolute atomic E-state index is 2.66. The van der Waals surface area contributed by atoms with Crippen LogP contribution in [0.25, 0.3) is 0 Å². The molecule has 1 fully saturated rings. The summed E-state index contributed by atoms with van der Waals surface area (Å²) in [6, 6.07) is 0.836. The monoisotopic (exact) mass is 281 g/mol. The Morgan fingerprint density at radius 2 is 2.17 bits per heavy atom. The molecular weight excluding hydrogens is 261 g/mol. The van der Waals surface area contributed by atoms with E-state index >= 15 is 0 Å². The molecule has 0 N–H and O–H groups in total.